The van der Waals surface area contributed by atoms with E-state index in [0.29, 0.717) is 41.2 Å². The number of thiazole rings is 1. The van der Waals surface area contributed by atoms with Crippen molar-refractivity contribution in [2.75, 3.05) is 13.7 Å². The maximum absolute atomic E-state index is 13.7. The Hall–Kier alpha value is -3.32. The quantitative estimate of drug-likeness (QED) is 0.234. The number of hydrogen-bond donors (Lipinski definition) is 0. The zero-order valence-corrected chi connectivity index (χ0v) is 23.3. The van der Waals surface area contributed by atoms with E-state index in [9.17, 15) is 18.8 Å². The molecule has 1 aliphatic rings. The van der Waals surface area contributed by atoms with E-state index in [1.807, 2.05) is 22.6 Å². The Balaban J connectivity index is 1.91. The van der Waals surface area contributed by atoms with Crippen molar-refractivity contribution in [3.05, 3.63) is 87.9 Å². The van der Waals surface area contributed by atoms with E-state index in [2.05, 4.69) is 4.99 Å². The summed E-state index contributed by atoms with van der Waals surface area (Å²) in [6.07, 6.45) is 1.68. The number of benzene rings is 2. The first-order valence-electron chi connectivity index (χ1n) is 11.2. The fourth-order valence-electron chi connectivity index (χ4n) is 3.97. The molecule has 11 heteroatoms. The molecule has 4 rings (SSSR count). The van der Waals surface area contributed by atoms with Crippen molar-refractivity contribution >= 4 is 51.9 Å². The van der Waals surface area contributed by atoms with Crippen LogP contribution in [0.4, 0.5) is 4.39 Å². The molecule has 2 aromatic carbocycles. The maximum Gasteiger partial charge on any atom is 0.338 e. The lowest BCUT2D eigenvalue weighted by molar-refractivity contribution is -0.139. The number of allylic oxidation sites excluding steroid dienone is 1. The van der Waals surface area contributed by atoms with Crippen molar-refractivity contribution in [1.29, 1.82) is 0 Å². The van der Waals surface area contributed by atoms with Crippen LogP contribution in [0.1, 0.15) is 37.9 Å². The average molecular weight is 636 g/mol. The van der Waals surface area contributed by atoms with Gasteiger partial charge in [-0.15, -0.1) is 0 Å². The molecule has 3 aromatic rings. The highest BCUT2D eigenvalue weighted by Gasteiger charge is 2.33. The lowest BCUT2D eigenvalue weighted by atomic mass is 9.96. The summed E-state index contributed by atoms with van der Waals surface area (Å²) in [6.45, 7) is 4.83. The molecule has 192 valence electrons. The Labute approximate surface area is 228 Å². The van der Waals surface area contributed by atoms with E-state index in [0.717, 1.165) is 11.3 Å². The molecule has 1 aromatic heterocycles. The van der Waals surface area contributed by atoms with Crippen molar-refractivity contribution in [3.63, 3.8) is 0 Å². The molecule has 0 aliphatic carbocycles. The second-order valence-electron chi connectivity index (χ2n) is 7.98. The minimum absolute atomic E-state index is 0.153. The normalized spacial score (nSPS) is 15.2. The summed E-state index contributed by atoms with van der Waals surface area (Å²) in [5.41, 5.74) is 1.46. The van der Waals surface area contributed by atoms with E-state index in [4.69, 9.17) is 14.2 Å². The lowest BCUT2D eigenvalue weighted by Crippen LogP contribution is -2.39. The van der Waals surface area contributed by atoms with Crippen LogP contribution in [0.5, 0.6) is 11.5 Å². The third-order valence-corrected chi connectivity index (χ3v) is 7.28. The van der Waals surface area contributed by atoms with Gasteiger partial charge in [-0.1, -0.05) is 23.5 Å². The number of ether oxygens (including phenoxy) is 3. The van der Waals surface area contributed by atoms with Crippen LogP contribution in [-0.4, -0.2) is 30.2 Å². The van der Waals surface area contributed by atoms with Crippen molar-refractivity contribution in [2.45, 2.75) is 26.8 Å². The number of rotatable bonds is 6. The number of methoxy groups -OCH3 is 1. The summed E-state index contributed by atoms with van der Waals surface area (Å²) >= 11 is 3.19. The fraction of sp³-hybridized carbons (Fsp3) is 0.231. The number of esters is 2. The maximum atomic E-state index is 13.7. The number of halogens is 2. The molecule has 2 heterocycles. The van der Waals surface area contributed by atoms with Crippen LogP contribution in [0.3, 0.4) is 0 Å². The highest BCUT2D eigenvalue weighted by Crippen LogP contribution is 2.34. The van der Waals surface area contributed by atoms with Crippen molar-refractivity contribution in [2.24, 2.45) is 4.99 Å². The molecule has 0 saturated heterocycles. The molecule has 8 nitrogen and oxygen atoms in total. The molecule has 0 radical (unpaired) electrons. The molecule has 0 N–H and O–H groups in total. The predicted octanol–water partition coefficient (Wildman–Crippen LogP) is 3.48. The SMILES string of the molecule is CCOC(=O)C1=C(C)N=c2s/c(=C\c3cc(I)c(OC(C)=O)c(OC)c3)c(=O)n2[C@@H]1c1ccc(F)cc1. The smallest absolute Gasteiger partial charge is 0.338 e. The molecular formula is C26H22FIN2O6S. The third-order valence-electron chi connectivity index (χ3n) is 5.50. The van der Waals surface area contributed by atoms with Gasteiger partial charge >= 0.3 is 11.9 Å². The van der Waals surface area contributed by atoms with Gasteiger partial charge in [0.1, 0.15) is 5.82 Å². The van der Waals surface area contributed by atoms with Gasteiger partial charge in [0.25, 0.3) is 5.56 Å². The van der Waals surface area contributed by atoms with Gasteiger partial charge in [0.05, 0.1) is 39.1 Å². The van der Waals surface area contributed by atoms with Gasteiger partial charge in [-0.05, 0) is 77.9 Å². The Morgan fingerprint density at radius 2 is 1.95 bits per heavy atom. The second-order valence-corrected chi connectivity index (χ2v) is 10.2. The molecule has 0 saturated carbocycles. The van der Waals surface area contributed by atoms with Gasteiger partial charge in [-0.2, -0.15) is 0 Å². The van der Waals surface area contributed by atoms with E-state index in [-0.39, 0.29) is 17.7 Å². The van der Waals surface area contributed by atoms with Crippen LogP contribution < -0.4 is 24.4 Å². The van der Waals surface area contributed by atoms with Gasteiger partial charge in [0, 0.05) is 6.92 Å². The first-order chi connectivity index (χ1) is 17.6. The van der Waals surface area contributed by atoms with Crippen LogP contribution in [-0.2, 0) is 14.3 Å². The number of aromatic nitrogens is 1. The monoisotopic (exact) mass is 636 g/mol. The zero-order valence-electron chi connectivity index (χ0n) is 20.3. The summed E-state index contributed by atoms with van der Waals surface area (Å²) in [5.74, 6) is -0.875. The van der Waals surface area contributed by atoms with E-state index in [1.165, 1.54) is 42.9 Å². The van der Waals surface area contributed by atoms with Crippen LogP contribution in [0, 0.1) is 9.39 Å². The van der Waals surface area contributed by atoms with E-state index >= 15 is 0 Å². The number of fused-ring (bicyclic) bond motifs is 1. The Bertz CT molecular complexity index is 1610. The summed E-state index contributed by atoms with van der Waals surface area (Å²) in [4.78, 5) is 43.0. The Kier molecular flexibility index (Phi) is 7.93. The van der Waals surface area contributed by atoms with Gasteiger partial charge in [-0.3, -0.25) is 14.2 Å². The summed E-state index contributed by atoms with van der Waals surface area (Å²) in [7, 11) is 1.46. The number of carbonyl (C=O) groups is 2. The summed E-state index contributed by atoms with van der Waals surface area (Å²) in [6, 6.07) is 8.22. The van der Waals surface area contributed by atoms with Crippen LogP contribution >= 0.6 is 33.9 Å². The van der Waals surface area contributed by atoms with E-state index in [1.54, 1.807) is 32.1 Å². The molecule has 37 heavy (non-hydrogen) atoms. The fourth-order valence-corrected chi connectivity index (χ4v) is 5.75. The lowest BCUT2D eigenvalue weighted by Gasteiger charge is -2.24. The first-order valence-corrected chi connectivity index (χ1v) is 13.0. The van der Waals surface area contributed by atoms with Crippen LogP contribution in [0.25, 0.3) is 6.08 Å². The van der Waals surface area contributed by atoms with E-state index < -0.39 is 23.8 Å². The van der Waals surface area contributed by atoms with Gasteiger partial charge in [0.15, 0.2) is 16.3 Å². The Morgan fingerprint density at radius 3 is 2.57 bits per heavy atom. The minimum atomic E-state index is -0.834. The molecule has 1 atom stereocenters. The van der Waals surface area contributed by atoms with Crippen molar-refractivity contribution in [3.8, 4) is 11.5 Å². The standard InChI is InChI=1S/C26H22FIN2O6S/c1-5-35-25(33)21-13(2)29-26-30(22(21)16-6-8-17(27)9-7-16)24(32)20(37-26)12-15-10-18(28)23(36-14(3)31)19(11-15)34-4/h6-12,22H,5H2,1-4H3/b20-12-/t22-/m1/s1. The summed E-state index contributed by atoms with van der Waals surface area (Å²) < 4.78 is 32.0. The second kappa shape index (κ2) is 11.0. The topological polar surface area (TPSA) is 96.2 Å². The predicted molar refractivity (Wildman–Crippen MR) is 144 cm³/mol. The van der Waals surface area contributed by atoms with Crippen molar-refractivity contribution < 1.29 is 28.2 Å². The first kappa shape index (κ1) is 26.7. The minimum Gasteiger partial charge on any atom is -0.493 e. The molecule has 0 amide bonds. The molecule has 0 fully saturated rings. The number of carbonyl (C=O) groups excluding carboxylic acids is 2. The molecule has 1 aliphatic heterocycles. The number of hydrogen-bond acceptors (Lipinski definition) is 8. The Morgan fingerprint density at radius 1 is 1.24 bits per heavy atom. The van der Waals surface area contributed by atoms with Crippen LogP contribution in [0.15, 0.2) is 57.5 Å². The van der Waals surface area contributed by atoms with Gasteiger partial charge in [-0.25, -0.2) is 14.2 Å². The number of nitrogens with zero attached hydrogens (tertiary/aromatic N) is 2. The molecule has 0 bridgehead atoms. The van der Waals surface area contributed by atoms with Gasteiger partial charge < -0.3 is 14.2 Å². The molecule has 0 unspecified atom stereocenters. The highest BCUT2D eigenvalue weighted by atomic mass is 127. The molecule has 0 spiro atoms. The zero-order chi connectivity index (χ0) is 26.9. The third kappa shape index (κ3) is 5.37. The highest BCUT2D eigenvalue weighted by molar-refractivity contribution is 14.1. The summed E-state index contributed by atoms with van der Waals surface area (Å²) in [5, 5.41) is 0. The van der Waals surface area contributed by atoms with Crippen molar-refractivity contribution in [1.82, 2.24) is 4.57 Å². The van der Waals surface area contributed by atoms with Crippen LogP contribution in [0.2, 0.25) is 0 Å². The average Bonchev–Trinajstić information content (AvgIpc) is 3.14. The molecular weight excluding hydrogens is 614 g/mol. The van der Waals surface area contributed by atoms with Gasteiger partial charge in [0.2, 0.25) is 0 Å². The largest absolute Gasteiger partial charge is 0.493 e.